The number of halogens is 2. The summed E-state index contributed by atoms with van der Waals surface area (Å²) in [6, 6.07) is 12.5. The Hall–Kier alpha value is -1.74. The molecule has 88 valence electrons. The second-order valence-electron chi connectivity index (χ2n) is 4.09. The normalized spacial score (nSPS) is 11.0. The molecule has 3 aromatic rings. The van der Waals surface area contributed by atoms with E-state index in [4.69, 9.17) is 0 Å². The van der Waals surface area contributed by atoms with Crippen LogP contribution in [0.25, 0.3) is 21.5 Å². The Balaban J connectivity index is 2.61. The predicted molar refractivity (Wildman–Crippen MR) is 74.5 cm³/mol. The molecule has 0 aliphatic heterocycles. The first-order valence-electron chi connectivity index (χ1n) is 5.47. The van der Waals surface area contributed by atoms with Crippen molar-refractivity contribution >= 4 is 43.8 Å². The van der Waals surface area contributed by atoms with Crippen molar-refractivity contribution in [3.8, 4) is 0 Å². The van der Waals surface area contributed by atoms with Crippen LogP contribution in [0.15, 0.2) is 46.9 Å². The van der Waals surface area contributed by atoms with Gasteiger partial charge in [0.1, 0.15) is 5.82 Å². The van der Waals surface area contributed by atoms with Gasteiger partial charge in [-0.1, -0.05) is 46.3 Å². The zero-order chi connectivity index (χ0) is 12.7. The highest BCUT2D eigenvalue weighted by Crippen LogP contribution is 2.32. The molecule has 18 heavy (non-hydrogen) atoms. The lowest BCUT2D eigenvalue weighted by Crippen LogP contribution is -1.90. The number of carbonyl (C=O) groups excluding carboxylic acids is 1. The van der Waals surface area contributed by atoms with Crippen molar-refractivity contribution in [3.63, 3.8) is 0 Å². The molecule has 0 radical (unpaired) electrons. The highest BCUT2D eigenvalue weighted by molar-refractivity contribution is 9.10. The molecule has 0 heterocycles. The first-order chi connectivity index (χ1) is 8.72. The van der Waals surface area contributed by atoms with Crippen LogP contribution in [0, 0.1) is 5.82 Å². The maximum atomic E-state index is 14.5. The molecule has 1 nitrogen and oxygen atoms in total. The van der Waals surface area contributed by atoms with E-state index in [9.17, 15) is 9.18 Å². The van der Waals surface area contributed by atoms with Gasteiger partial charge in [0, 0.05) is 20.8 Å². The van der Waals surface area contributed by atoms with Crippen molar-refractivity contribution in [1.29, 1.82) is 0 Å². The molecular formula is C15H8BrFO. The summed E-state index contributed by atoms with van der Waals surface area (Å²) in [5.41, 5.74) is 0.381. The van der Waals surface area contributed by atoms with E-state index in [1.165, 1.54) is 0 Å². The summed E-state index contributed by atoms with van der Waals surface area (Å²) < 4.78 is 15.4. The second-order valence-corrected chi connectivity index (χ2v) is 4.94. The van der Waals surface area contributed by atoms with E-state index in [0.717, 1.165) is 15.2 Å². The molecule has 3 heteroatoms. The fourth-order valence-corrected chi connectivity index (χ4v) is 2.71. The third-order valence-electron chi connectivity index (χ3n) is 3.06. The summed E-state index contributed by atoms with van der Waals surface area (Å²) in [5, 5.41) is 2.45. The van der Waals surface area contributed by atoms with E-state index in [2.05, 4.69) is 15.9 Å². The molecule has 0 aromatic heterocycles. The lowest BCUT2D eigenvalue weighted by molar-refractivity contribution is 0.112. The quantitative estimate of drug-likeness (QED) is 0.470. The SMILES string of the molecule is O=Cc1cccc2cc3c(Br)cccc3c(F)c12. The Bertz CT molecular complexity index is 780. The third kappa shape index (κ3) is 1.55. The van der Waals surface area contributed by atoms with Crippen molar-refractivity contribution in [3.05, 3.63) is 58.3 Å². The summed E-state index contributed by atoms with van der Waals surface area (Å²) in [6.45, 7) is 0. The molecule has 0 aliphatic carbocycles. The maximum absolute atomic E-state index is 14.5. The number of rotatable bonds is 1. The third-order valence-corrected chi connectivity index (χ3v) is 3.76. The summed E-state index contributed by atoms with van der Waals surface area (Å²) in [4.78, 5) is 11.0. The highest BCUT2D eigenvalue weighted by Gasteiger charge is 2.11. The smallest absolute Gasteiger partial charge is 0.150 e. The Kier molecular flexibility index (Phi) is 2.63. The van der Waals surface area contributed by atoms with Gasteiger partial charge in [-0.05, 0) is 22.9 Å². The average molecular weight is 303 g/mol. The largest absolute Gasteiger partial charge is 0.298 e. The Morgan fingerprint density at radius 2 is 1.83 bits per heavy atom. The predicted octanol–water partition coefficient (Wildman–Crippen LogP) is 4.71. The van der Waals surface area contributed by atoms with E-state index >= 15 is 0 Å². The molecule has 0 unspecified atom stereocenters. The van der Waals surface area contributed by atoms with E-state index in [-0.39, 0.29) is 5.82 Å². The van der Waals surface area contributed by atoms with E-state index < -0.39 is 0 Å². The van der Waals surface area contributed by atoms with Crippen LogP contribution in [-0.2, 0) is 0 Å². The second kappa shape index (κ2) is 4.18. The van der Waals surface area contributed by atoms with Gasteiger partial charge in [0.25, 0.3) is 0 Å². The minimum atomic E-state index is -0.341. The van der Waals surface area contributed by atoms with Gasteiger partial charge in [-0.3, -0.25) is 4.79 Å². The molecule has 0 amide bonds. The van der Waals surface area contributed by atoms with Crippen molar-refractivity contribution in [2.24, 2.45) is 0 Å². The zero-order valence-corrected chi connectivity index (χ0v) is 10.9. The van der Waals surface area contributed by atoms with Crippen molar-refractivity contribution in [2.45, 2.75) is 0 Å². The molecule has 3 aromatic carbocycles. The number of hydrogen-bond acceptors (Lipinski definition) is 1. The molecule has 0 N–H and O–H groups in total. The fourth-order valence-electron chi connectivity index (χ4n) is 2.23. The number of carbonyl (C=O) groups is 1. The topological polar surface area (TPSA) is 17.1 Å². The molecule has 0 saturated carbocycles. The summed E-state index contributed by atoms with van der Waals surface area (Å²) in [6.07, 6.45) is 0.690. The van der Waals surface area contributed by atoms with Crippen LogP contribution in [-0.4, -0.2) is 6.29 Å². The average Bonchev–Trinajstić information content (AvgIpc) is 2.39. The standard InChI is InChI=1S/C15H8BrFO/c16-13-6-2-5-11-12(13)7-9-3-1-4-10(8-18)14(9)15(11)17/h1-8H. The first kappa shape index (κ1) is 11.4. The Morgan fingerprint density at radius 1 is 1.06 bits per heavy atom. The van der Waals surface area contributed by atoms with Gasteiger partial charge in [-0.25, -0.2) is 4.39 Å². The minimum absolute atomic E-state index is 0.341. The highest BCUT2D eigenvalue weighted by atomic mass is 79.9. The molecular weight excluding hydrogens is 295 g/mol. The monoisotopic (exact) mass is 302 g/mol. The van der Waals surface area contributed by atoms with Crippen LogP contribution in [0.3, 0.4) is 0 Å². The zero-order valence-electron chi connectivity index (χ0n) is 9.28. The Labute approximate surface area is 111 Å². The molecule has 0 bridgehead atoms. The van der Waals surface area contributed by atoms with Gasteiger partial charge in [0.05, 0.1) is 0 Å². The van der Waals surface area contributed by atoms with Gasteiger partial charge >= 0.3 is 0 Å². The minimum Gasteiger partial charge on any atom is -0.298 e. The summed E-state index contributed by atoms with van der Waals surface area (Å²) in [7, 11) is 0. The van der Waals surface area contributed by atoms with E-state index in [1.807, 2.05) is 18.2 Å². The molecule has 0 aliphatic rings. The number of fused-ring (bicyclic) bond motifs is 2. The van der Waals surface area contributed by atoms with Gasteiger partial charge in [-0.15, -0.1) is 0 Å². The van der Waals surface area contributed by atoms with Crippen molar-refractivity contribution in [1.82, 2.24) is 0 Å². The molecule has 3 rings (SSSR count). The van der Waals surface area contributed by atoms with Crippen LogP contribution >= 0.6 is 15.9 Å². The van der Waals surface area contributed by atoms with Crippen LogP contribution < -0.4 is 0 Å². The number of hydrogen-bond donors (Lipinski definition) is 0. The van der Waals surface area contributed by atoms with Gasteiger partial charge in [-0.2, -0.15) is 0 Å². The van der Waals surface area contributed by atoms with E-state index in [1.54, 1.807) is 24.3 Å². The summed E-state index contributed by atoms with van der Waals surface area (Å²) >= 11 is 3.42. The van der Waals surface area contributed by atoms with Crippen LogP contribution in [0.1, 0.15) is 10.4 Å². The van der Waals surface area contributed by atoms with Crippen molar-refractivity contribution in [2.75, 3.05) is 0 Å². The number of aldehydes is 1. The van der Waals surface area contributed by atoms with Crippen LogP contribution in [0.4, 0.5) is 4.39 Å². The molecule has 0 saturated heterocycles. The fraction of sp³-hybridized carbons (Fsp3) is 0. The first-order valence-corrected chi connectivity index (χ1v) is 6.26. The molecule has 0 fully saturated rings. The van der Waals surface area contributed by atoms with Crippen LogP contribution in [0.2, 0.25) is 0 Å². The van der Waals surface area contributed by atoms with Gasteiger partial charge in [0.2, 0.25) is 0 Å². The number of benzene rings is 3. The maximum Gasteiger partial charge on any atom is 0.150 e. The van der Waals surface area contributed by atoms with E-state index in [0.29, 0.717) is 22.6 Å². The van der Waals surface area contributed by atoms with Gasteiger partial charge in [0.15, 0.2) is 6.29 Å². The Morgan fingerprint density at radius 3 is 2.61 bits per heavy atom. The van der Waals surface area contributed by atoms with Crippen molar-refractivity contribution < 1.29 is 9.18 Å². The molecule has 0 spiro atoms. The lowest BCUT2D eigenvalue weighted by atomic mass is 9.99. The van der Waals surface area contributed by atoms with Gasteiger partial charge < -0.3 is 0 Å². The summed E-state index contributed by atoms with van der Waals surface area (Å²) in [5.74, 6) is -0.341. The van der Waals surface area contributed by atoms with Crippen LogP contribution in [0.5, 0.6) is 0 Å². The lowest BCUT2D eigenvalue weighted by Gasteiger charge is -2.08. The molecule has 0 atom stereocenters.